The second kappa shape index (κ2) is 5.71. The van der Waals surface area contributed by atoms with Crippen LogP contribution in [0, 0.1) is 6.92 Å². The summed E-state index contributed by atoms with van der Waals surface area (Å²) >= 11 is 5.73. The number of hydrogen-bond acceptors (Lipinski definition) is 2. The number of aromatic nitrogens is 1. The number of anilines is 1. The molecule has 0 spiro atoms. The maximum Gasteiger partial charge on any atom is 0.261 e. The van der Waals surface area contributed by atoms with Crippen molar-refractivity contribution >= 4 is 23.2 Å². The summed E-state index contributed by atoms with van der Waals surface area (Å²) in [5.74, 6) is -0.0672. The SMILES string of the molecule is Cc1cc(=O)c(C(=O)Nc2cccc(CCl)c2)c[nH]1. The molecule has 0 aliphatic rings. The molecule has 0 aliphatic heterocycles. The Morgan fingerprint density at radius 1 is 1.37 bits per heavy atom. The summed E-state index contributed by atoms with van der Waals surface area (Å²) in [7, 11) is 0. The van der Waals surface area contributed by atoms with E-state index >= 15 is 0 Å². The van der Waals surface area contributed by atoms with Crippen LogP contribution in [0.4, 0.5) is 5.69 Å². The maximum absolute atomic E-state index is 12.0. The monoisotopic (exact) mass is 276 g/mol. The molecule has 2 N–H and O–H groups in total. The first-order chi connectivity index (χ1) is 9.10. The second-order valence-corrected chi connectivity index (χ2v) is 4.45. The van der Waals surface area contributed by atoms with Crippen molar-refractivity contribution in [2.24, 2.45) is 0 Å². The van der Waals surface area contributed by atoms with E-state index < -0.39 is 5.91 Å². The zero-order valence-electron chi connectivity index (χ0n) is 10.4. The molecule has 19 heavy (non-hydrogen) atoms. The molecule has 1 aromatic heterocycles. The number of H-pyrrole nitrogens is 1. The predicted octanol–water partition coefficient (Wildman–Crippen LogP) is 2.67. The lowest BCUT2D eigenvalue weighted by atomic mass is 10.2. The van der Waals surface area contributed by atoms with Crippen LogP contribution in [-0.4, -0.2) is 10.9 Å². The van der Waals surface area contributed by atoms with E-state index in [4.69, 9.17) is 11.6 Å². The molecule has 2 rings (SSSR count). The summed E-state index contributed by atoms with van der Waals surface area (Å²) < 4.78 is 0. The van der Waals surface area contributed by atoms with E-state index in [-0.39, 0.29) is 11.0 Å². The third kappa shape index (κ3) is 3.23. The first-order valence-electron chi connectivity index (χ1n) is 5.76. The summed E-state index contributed by atoms with van der Waals surface area (Å²) in [6.45, 7) is 1.76. The first-order valence-corrected chi connectivity index (χ1v) is 6.29. The highest BCUT2D eigenvalue weighted by Gasteiger charge is 2.10. The van der Waals surface area contributed by atoms with Crippen molar-refractivity contribution in [1.29, 1.82) is 0 Å². The Bertz CT molecular complexity index is 664. The number of halogens is 1. The van der Waals surface area contributed by atoms with Gasteiger partial charge in [-0.25, -0.2) is 0 Å². The quantitative estimate of drug-likeness (QED) is 0.847. The lowest BCUT2D eigenvalue weighted by Gasteiger charge is -2.06. The molecule has 0 unspecified atom stereocenters. The van der Waals surface area contributed by atoms with Crippen molar-refractivity contribution in [2.45, 2.75) is 12.8 Å². The molecule has 0 fully saturated rings. The van der Waals surface area contributed by atoms with Crippen LogP contribution in [0.2, 0.25) is 0 Å². The van der Waals surface area contributed by atoms with Crippen LogP contribution < -0.4 is 10.7 Å². The molecule has 1 aromatic carbocycles. The van der Waals surface area contributed by atoms with Crippen LogP contribution in [0.1, 0.15) is 21.6 Å². The molecule has 5 heteroatoms. The Morgan fingerprint density at radius 3 is 2.84 bits per heavy atom. The normalized spacial score (nSPS) is 10.2. The average Bonchev–Trinajstić information content (AvgIpc) is 2.38. The number of carbonyl (C=O) groups is 1. The smallest absolute Gasteiger partial charge is 0.261 e. The van der Waals surface area contributed by atoms with Gasteiger partial charge in [0.25, 0.3) is 5.91 Å². The van der Waals surface area contributed by atoms with Crippen LogP contribution >= 0.6 is 11.6 Å². The largest absolute Gasteiger partial charge is 0.364 e. The topological polar surface area (TPSA) is 62.0 Å². The number of aryl methyl sites for hydroxylation is 1. The molecule has 0 aliphatic carbocycles. The van der Waals surface area contributed by atoms with E-state index in [9.17, 15) is 9.59 Å². The van der Waals surface area contributed by atoms with Gasteiger partial charge in [-0.2, -0.15) is 0 Å². The third-order valence-electron chi connectivity index (χ3n) is 2.64. The van der Waals surface area contributed by atoms with Gasteiger partial charge in [-0.05, 0) is 24.6 Å². The number of carbonyl (C=O) groups excluding carboxylic acids is 1. The molecule has 1 heterocycles. The van der Waals surface area contributed by atoms with Gasteiger partial charge in [0.1, 0.15) is 5.56 Å². The third-order valence-corrected chi connectivity index (χ3v) is 2.95. The highest BCUT2D eigenvalue weighted by molar-refractivity contribution is 6.17. The Balaban J connectivity index is 2.23. The lowest BCUT2D eigenvalue weighted by Crippen LogP contribution is -2.21. The van der Waals surface area contributed by atoms with Crippen molar-refractivity contribution in [3.05, 3.63) is 63.6 Å². The number of rotatable bonds is 3. The van der Waals surface area contributed by atoms with Gasteiger partial charge >= 0.3 is 0 Å². The fourth-order valence-corrected chi connectivity index (χ4v) is 1.85. The zero-order valence-corrected chi connectivity index (χ0v) is 11.1. The lowest BCUT2D eigenvalue weighted by molar-refractivity contribution is 0.102. The molecule has 0 atom stereocenters. The second-order valence-electron chi connectivity index (χ2n) is 4.18. The molecule has 0 radical (unpaired) electrons. The predicted molar refractivity (Wildman–Crippen MR) is 75.8 cm³/mol. The van der Waals surface area contributed by atoms with Gasteiger partial charge in [-0.1, -0.05) is 12.1 Å². The highest BCUT2D eigenvalue weighted by atomic mass is 35.5. The fraction of sp³-hybridized carbons (Fsp3) is 0.143. The standard InChI is InChI=1S/C14H13ClN2O2/c1-9-5-13(18)12(8-16-9)14(19)17-11-4-2-3-10(6-11)7-15/h2-6,8H,7H2,1H3,(H,16,18)(H,17,19). The average molecular weight is 277 g/mol. The van der Waals surface area contributed by atoms with Crippen LogP contribution in [-0.2, 0) is 5.88 Å². The Morgan fingerprint density at radius 2 is 2.16 bits per heavy atom. The van der Waals surface area contributed by atoms with Crippen molar-refractivity contribution < 1.29 is 4.79 Å². The summed E-state index contributed by atoms with van der Waals surface area (Å²) in [4.78, 5) is 26.5. The van der Waals surface area contributed by atoms with Crippen molar-refractivity contribution in [3.8, 4) is 0 Å². The summed E-state index contributed by atoms with van der Waals surface area (Å²) in [6.07, 6.45) is 1.42. The molecule has 2 aromatic rings. The van der Waals surface area contributed by atoms with Crippen molar-refractivity contribution in [1.82, 2.24) is 4.98 Å². The molecule has 98 valence electrons. The van der Waals surface area contributed by atoms with E-state index in [0.29, 0.717) is 17.3 Å². The Labute approximate surface area is 115 Å². The fourth-order valence-electron chi connectivity index (χ4n) is 1.68. The zero-order chi connectivity index (χ0) is 13.8. The Kier molecular flexibility index (Phi) is 4.02. The van der Waals surface area contributed by atoms with Gasteiger partial charge in [0.2, 0.25) is 0 Å². The van der Waals surface area contributed by atoms with E-state index in [1.165, 1.54) is 12.3 Å². The van der Waals surface area contributed by atoms with E-state index in [0.717, 1.165) is 5.56 Å². The number of nitrogens with one attached hydrogen (secondary N) is 2. The van der Waals surface area contributed by atoms with E-state index in [2.05, 4.69) is 10.3 Å². The number of hydrogen-bond donors (Lipinski definition) is 2. The highest BCUT2D eigenvalue weighted by Crippen LogP contribution is 2.13. The van der Waals surface area contributed by atoms with Crippen LogP contribution in [0.3, 0.4) is 0 Å². The summed E-state index contributed by atoms with van der Waals surface area (Å²) in [6, 6.07) is 8.57. The first kappa shape index (κ1) is 13.4. The number of aromatic amines is 1. The maximum atomic E-state index is 12.0. The number of alkyl halides is 1. The van der Waals surface area contributed by atoms with Gasteiger partial charge in [-0.3, -0.25) is 9.59 Å². The van der Waals surface area contributed by atoms with Gasteiger partial charge in [0.15, 0.2) is 5.43 Å². The van der Waals surface area contributed by atoms with Gasteiger partial charge in [0.05, 0.1) is 0 Å². The molecule has 0 bridgehead atoms. The minimum atomic E-state index is -0.437. The van der Waals surface area contributed by atoms with Crippen LogP contribution in [0.15, 0.2) is 41.3 Å². The summed E-state index contributed by atoms with van der Waals surface area (Å²) in [5, 5.41) is 2.68. The molecule has 1 amide bonds. The summed E-state index contributed by atoms with van der Waals surface area (Å²) in [5.41, 5.74) is 2.01. The Hall–Kier alpha value is -2.07. The molecule has 4 nitrogen and oxygen atoms in total. The van der Waals surface area contributed by atoms with Crippen molar-refractivity contribution in [3.63, 3.8) is 0 Å². The molecule has 0 saturated carbocycles. The van der Waals surface area contributed by atoms with Gasteiger partial charge in [0, 0.05) is 29.5 Å². The van der Waals surface area contributed by atoms with Gasteiger partial charge < -0.3 is 10.3 Å². The minimum absolute atomic E-state index is 0.0851. The van der Waals surface area contributed by atoms with Crippen LogP contribution in [0.25, 0.3) is 0 Å². The van der Waals surface area contributed by atoms with Crippen LogP contribution in [0.5, 0.6) is 0 Å². The molecular formula is C14H13ClN2O2. The number of pyridine rings is 1. The van der Waals surface area contributed by atoms with Gasteiger partial charge in [-0.15, -0.1) is 11.6 Å². The van der Waals surface area contributed by atoms with Crippen molar-refractivity contribution in [2.75, 3.05) is 5.32 Å². The molecular weight excluding hydrogens is 264 g/mol. The van der Waals surface area contributed by atoms with E-state index in [1.54, 1.807) is 25.1 Å². The number of amides is 1. The number of benzene rings is 1. The minimum Gasteiger partial charge on any atom is -0.364 e. The van der Waals surface area contributed by atoms with E-state index in [1.807, 2.05) is 6.07 Å². The molecule has 0 saturated heterocycles.